The van der Waals surface area contributed by atoms with E-state index in [1.807, 2.05) is 0 Å². The molecule has 1 aliphatic rings. The first-order valence-corrected chi connectivity index (χ1v) is 8.88. The minimum Gasteiger partial charge on any atom is -0.327 e. The van der Waals surface area contributed by atoms with Crippen molar-refractivity contribution in [3.63, 3.8) is 0 Å². The predicted octanol–water partition coefficient (Wildman–Crippen LogP) is 4.92. The summed E-state index contributed by atoms with van der Waals surface area (Å²) in [5.74, 6) is 3.62. The predicted molar refractivity (Wildman–Crippen MR) is 94.2 cm³/mol. The Labute approximate surface area is 132 Å². The van der Waals surface area contributed by atoms with E-state index in [0.29, 0.717) is 35.1 Å². The van der Waals surface area contributed by atoms with Crippen molar-refractivity contribution in [2.24, 2.45) is 34.8 Å². The lowest BCUT2D eigenvalue weighted by Gasteiger charge is -2.49. The Balaban J connectivity index is 2.98. The number of hydrogen-bond donors (Lipinski definition) is 2. The fourth-order valence-corrected chi connectivity index (χ4v) is 4.33. The number of nitrogens with two attached hydrogens (primary N) is 1. The standard InChI is InChI=1S/C18H35NS/c1-7-18(6)9-16(14(5)13(4)11-20)15(8-12(2)3)17(19)10-18/h13-17,20H,2,7-11,19H2,1,3-6H3. The maximum absolute atomic E-state index is 6.59. The Kier molecular flexibility index (Phi) is 6.66. The van der Waals surface area contributed by atoms with Crippen LogP contribution in [0.15, 0.2) is 12.2 Å². The fourth-order valence-electron chi connectivity index (χ4n) is 4.00. The summed E-state index contributed by atoms with van der Waals surface area (Å²) in [5.41, 5.74) is 8.28. The van der Waals surface area contributed by atoms with Gasteiger partial charge in [-0.25, -0.2) is 0 Å². The highest BCUT2D eigenvalue weighted by atomic mass is 32.1. The molecule has 0 bridgehead atoms. The van der Waals surface area contributed by atoms with Gasteiger partial charge in [0.25, 0.3) is 0 Å². The first kappa shape index (κ1) is 18.1. The van der Waals surface area contributed by atoms with E-state index in [2.05, 4.69) is 53.8 Å². The van der Waals surface area contributed by atoms with Crippen molar-refractivity contribution in [2.45, 2.75) is 66.3 Å². The first-order valence-electron chi connectivity index (χ1n) is 8.25. The summed E-state index contributed by atoms with van der Waals surface area (Å²) in [7, 11) is 0. The van der Waals surface area contributed by atoms with E-state index in [-0.39, 0.29) is 0 Å². The Hall–Kier alpha value is 0.0500. The highest BCUT2D eigenvalue weighted by molar-refractivity contribution is 7.80. The summed E-state index contributed by atoms with van der Waals surface area (Å²) < 4.78 is 0. The van der Waals surface area contributed by atoms with Crippen LogP contribution in [0.3, 0.4) is 0 Å². The third-order valence-corrected chi connectivity index (χ3v) is 6.43. The SMILES string of the molecule is C=C(C)CC1C(N)CC(C)(CC)CC1C(C)C(C)CS. The molecule has 1 aliphatic carbocycles. The van der Waals surface area contributed by atoms with E-state index in [1.165, 1.54) is 24.8 Å². The van der Waals surface area contributed by atoms with Gasteiger partial charge < -0.3 is 5.73 Å². The van der Waals surface area contributed by atoms with Gasteiger partial charge in [-0.1, -0.05) is 39.7 Å². The molecule has 2 N–H and O–H groups in total. The number of allylic oxidation sites excluding steroid dienone is 1. The van der Waals surface area contributed by atoms with Gasteiger partial charge in [-0.15, -0.1) is 6.58 Å². The molecule has 0 spiro atoms. The molecule has 0 amide bonds. The molecule has 1 nitrogen and oxygen atoms in total. The van der Waals surface area contributed by atoms with Crippen LogP contribution in [0.5, 0.6) is 0 Å². The zero-order valence-electron chi connectivity index (χ0n) is 14.2. The van der Waals surface area contributed by atoms with Gasteiger partial charge in [0.05, 0.1) is 0 Å². The van der Waals surface area contributed by atoms with Crippen LogP contribution in [0.2, 0.25) is 0 Å². The van der Waals surface area contributed by atoms with E-state index < -0.39 is 0 Å². The monoisotopic (exact) mass is 297 g/mol. The smallest absolute Gasteiger partial charge is 0.00781 e. The van der Waals surface area contributed by atoms with E-state index in [0.717, 1.165) is 12.2 Å². The molecule has 118 valence electrons. The van der Waals surface area contributed by atoms with Crippen molar-refractivity contribution in [3.8, 4) is 0 Å². The maximum Gasteiger partial charge on any atom is 0.00781 e. The molecule has 0 aromatic carbocycles. The maximum atomic E-state index is 6.59. The van der Waals surface area contributed by atoms with Gasteiger partial charge in [0.15, 0.2) is 0 Å². The van der Waals surface area contributed by atoms with Crippen molar-refractivity contribution in [1.29, 1.82) is 0 Å². The number of hydrogen-bond acceptors (Lipinski definition) is 2. The molecule has 0 radical (unpaired) electrons. The summed E-state index contributed by atoms with van der Waals surface area (Å²) in [6.45, 7) is 15.8. The van der Waals surface area contributed by atoms with Crippen LogP contribution in [0, 0.1) is 29.1 Å². The zero-order valence-corrected chi connectivity index (χ0v) is 15.0. The second-order valence-corrected chi connectivity index (χ2v) is 8.11. The van der Waals surface area contributed by atoms with Gasteiger partial charge in [0, 0.05) is 6.04 Å². The van der Waals surface area contributed by atoms with Crippen LogP contribution in [0.25, 0.3) is 0 Å². The molecule has 0 aliphatic heterocycles. The third-order valence-electron chi connectivity index (χ3n) is 5.86. The zero-order chi connectivity index (χ0) is 15.5. The van der Waals surface area contributed by atoms with Gasteiger partial charge >= 0.3 is 0 Å². The molecular weight excluding hydrogens is 262 g/mol. The Morgan fingerprint density at radius 1 is 1.40 bits per heavy atom. The minimum absolute atomic E-state index is 0.324. The van der Waals surface area contributed by atoms with Crippen LogP contribution in [-0.4, -0.2) is 11.8 Å². The van der Waals surface area contributed by atoms with E-state index >= 15 is 0 Å². The van der Waals surface area contributed by atoms with E-state index in [9.17, 15) is 0 Å². The molecule has 6 unspecified atom stereocenters. The molecule has 1 rings (SSSR count). The third kappa shape index (κ3) is 4.27. The summed E-state index contributed by atoms with van der Waals surface area (Å²) in [4.78, 5) is 0. The second kappa shape index (κ2) is 7.35. The van der Waals surface area contributed by atoms with Crippen LogP contribution >= 0.6 is 12.6 Å². The van der Waals surface area contributed by atoms with Crippen LogP contribution in [0.1, 0.15) is 60.3 Å². The lowest BCUT2D eigenvalue weighted by Crippen LogP contribution is -2.48. The van der Waals surface area contributed by atoms with E-state index in [1.54, 1.807) is 0 Å². The molecular formula is C18H35NS. The van der Waals surface area contributed by atoms with Crippen molar-refractivity contribution in [2.75, 3.05) is 5.75 Å². The first-order chi connectivity index (χ1) is 9.24. The van der Waals surface area contributed by atoms with Crippen molar-refractivity contribution in [1.82, 2.24) is 0 Å². The molecule has 0 heterocycles. The minimum atomic E-state index is 0.324. The number of rotatable bonds is 6. The van der Waals surface area contributed by atoms with Gasteiger partial charge in [-0.2, -0.15) is 12.6 Å². The van der Waals surface area contributed by atoms with Crippen LogP contribution in [0.4, 0.5) is 0 Å². The Bertz CT molecular complexity index is 327. The van der Waals surface area contributed by atoms with Crippen LogP contribution in [-0.2, 0) is 0 Å². The number of thiol groups is 1. The topological polar surface area (TPSA) is 26.0 Å². The van der Waals surface area contributed by atoms with Gasteiger partial charge in [-0.3, -0.25) is 0 Å². The Morgan fingerprint density at radius 3 is 2.45 bits per heavy atom. The summed E-state index contributed by atoms with van der Waals surface area (Å²) in [6, 6.07) is 0.324. The average Bonchev–Trinajstić information content (AvgIpc) is 2.39. The molecule has 6 atom stereocenters. The molecule has 1 fully saturated rings. The lowest BCUT2D eigenvalue weighted by molar-refractivity contribution is 0.0342. The lowest BCUT2D eigenvalue weighted by atomic mass is 9.58. The molecule has 1 saturated carbocycles. The Morgan fingerprint density at radius 2 is 2.00 bits per heavy atom. The molecule has 2 heteroatoms. The van der Waals surface area contributed by atoms with Gasteiger partial charge in [-0.05, 0) is 61.0 Å². The van der Waals surface area contributed by atoms with Gasteiger partial charge in [0.2, 0.25) is 0 Å². The fraction of sp³-hybridized carbons (Fsp3) is 0.889. The van der Waals surface area contributed by atoms with Crippen LogP contribution < -0.4 is 5.73 Å². The summed E-state index contributed by atoms with van der Waals surface area (Å²) in [6.07, 6.45) is 4.81. The molecule has 0 saturated heterocycles. The normalized spacial score (nSPS) is 37.5. The molecule has 20 heavy (non-hydrogen) atoms. The second-order valence-electron chi connectivity index (χ2n) is 7.74. The average molecular weight is 298 g/mol. The van der Waals surface area contributed by atoms with Gasteiger partial charge in [0.1, 0.15) is 0 Å². The summed E-state index contributed by atoms with van der Waals surface area (Å²) in [5, 5.41) is 0. The highest BCUT2D eigenvalue weighted by Gasteiger charge is 2.43. The quantitative estimate of drug-likeness (QED) is 0.528. The van der Waals surface area contributed by atoms with Crippen molar-refractivity contribution in [3.05, 3.63) is 12.2 Å². The van der Waals surface area contributed by atoms with Crippen molar-refractivity contribution < 1.29 is 0 Å². The van der Waals surface area contributed by atoms with Crippen molar-refractivity contribution >= 4 is 12.6 Å². The molecule has 0 aromatic heterocycles. The summed E-state index contributed by atoms with van der Waals surface area (Å²) >= 11 is 4.51. The largest absolute Gasteiger partial charge is 0.327 e. The highest BCUT2D eigenvalue weighted by Crippen LogP contribution is 2.49. The molecule has 0 aromatic rings. The van der Waals surface area contributed by atoms with E-state index in [4.69, 9.17) is 5.73 Å².